The van der Waals surface area contributed by atoms with Crippen molar-refractivity contribution in [3.8, 4) is 11.5 Å². The zero-order valence-electron chi connectivity index (χ0n) is 16.1. The largest absolute Gasteiger partial charge is 0.465 e. The number of methoxy groups -OCH3 is 1. The molecule has 0 atom stereocenters. The predicted octanol–water partition coefficient (Wildman–Crippen LogP) is 4.85. The third-order valence-electron chi connectivity index (χ3n) is 4.65. The molecule has 30 heavy (non-hydrogen) atoms. The second-order valence-corrected chi connectivity index (χ2v) is 9.04. The highest BCUT2D eigenvalue weighted by Gasteiger charge is 2.27. The van der Waals surface area contributed by atoms with E-state index in [2.05, 4.69) is 15.5 Å². The first-order chi connectivity index (χ1) is 14.6. The lowest BCUT2D eigenvalue weighted by molar-refractivity contribution is -0.113. The van der Waals surface area contributed by atoms with Crippen LogP contribution in [0.1, 0.15) is 33.6 Å². The molecule has 156 valence electrons. The quantitative estimate of drug-likeness (QED) is 0.412. The average molecular weight is 464 g/mol. The van der Waals surface area contributed by atoms with Crippen LogP contribution in [-0.4, -0.2) is 34.9 Å². The maximum Gasteiger partial charge on any atom is 0.341 e. The molecular formula is C20H18ClN3O4S2. The van der Waals surface area contributed by atoms with E-state index in [4.69, 9.17) is 20.8 Å². The van der Waals surface area contributed by atoms with Gasteiger partial charge in [0.1, 0.15) is 5.00 Å². The van der Waals surface area contributed by atoms with Crippen LogP contribution >= 0.6 is 34.7 Å². The molecule has 0 bridgehead atoms. The second kappa shape index (κ2) is 9.20. The van der Waals surface area contributed by atoms with Gasteiger partial charge >= 0.3 is 5.97 Å². The van der Waals surface area contributed by atoms with Gasteiger partial charge in [-0.25, -0.2) is 4.79 Å². The Kier molecular flexibility index (Phi) is 6.40. The number of esters is 1. The number of carbonyl (C=O) groups is 2. The summed E-state index contributed by atoms with van der Waals surface area (Å²) in [6.07, 6.45) is 3.86. The van der Waals surface area contributed by atoms with Crippen LogP contribution in [0.5, 0.6) is 0 Å². The summed E-state index contributed by atoms with van der Waals surface area (Å²) >= 11 is 8.71. The Bertz CT molecular complexity index is 1100. The average Bonchev–Trinajstić information content (AvgIpc) is 3.36. The number of nitrogens with one attached hydrogen (secondary N) is 1. The van der Waals surface area contributed by atoms with Gasteiger partial charge in [-0.05, 0) is 43.4 Å². The van der Waals surface area contributed by atoms with E-state index in [0.29, 0.717) is 27.0 Å². The van der Waals surface area contributed by atoms with Gasteiger partial charge in [0, 0.05) is 4.88 Å². The maximum absolute atomic E-state index is 12.5. The molecule has 3 aromatic rings. The van der Waals surface area contributed by atoms with Crippen molar-refractivity contribution in [1.29, 1.82) is 0 Å². The van der Waals surface area contributed by atoms with Crippen molar-refractivity contribution < 1.29 is 18.7 Å². The number of aromatic nitrogens is 2. The summed E-state index contributed by atoms with van der Waals surface area (Å²) < 4.78 is 10.5. The van der Waals surface area contributed by atoms with Crippen molar-refractivity contribution in [3.05, 3.63) is 45.3 Å². The van der Waals surface area contributed by atoms with Crippen molar-refractivity contribution >= 4 is 51.6 Å². The summed E-state index contributed by atoms with van der Waals surface area (Å²) in [6, 6.07) is 7.16. The SMILES string of the molecule is COC(=O)c1c(NC(=O)CSc2nnc(-c3ccccc3Cl)o2)sc2c1CCCC2. The lowest BCUT2D eigenvalue weighted by atomic mass is 9.95. The smallest absolute Gasteiger partial charge is 0.341 e. The van der Waals surface area contributed by atoms with Crippen molar-refractivity contribution in [2.24, 2.45) is 0 Å². The maximum atomic E-state index is 12.5. The van der Waals surface area contributed by atoms with Crippen LogP contribution in [0.25, 0.3) is 11.5 Å². The van der Waals surface area contributed by atoms with E-state index in [0.717, 1.165) is 47.9 Å². The molecule has 1 aromatic carbocycles. The number of ether oxygens (including phenoxy) is 1. The van der Waals surface area contributed by atoms with Gasteiger partial charge in [-0.2, -0.15) is 0 Å². The summed E-state index contributed by atoms with van der Waals surface area (Å²) in [5.41, 5.74) is 2.12. The molecule has 0 saturated carbocycles. The molecule has 1 amide bonds. The second-order valence-electron chi connectivity index (χ2n) is 6.60. The summed E-state index contributed by atoms with van der Waals surface area (Å²) in [4.78, 5) is 25.9. The number of benzene rings is 1. The molecule has 7 nitrogen and oxygen atoms in total. The number of halogens is 1. The van der Waals surface area contributed by atoms with Crippen LogP contribution in [0.15, 0.2) is 33.9 Å². The highest BCUT2D eigenvalue weighted by Crippen LogP contribution is 2.38. The molecule has 0 radical (unpaired) electrons. The van der Waals surface area contributed by atoms with Crippen LogP contribution in [0, 0.1) is 0 Å². The number of hydrogen-bond acceptors (Lipinski definition) is 8. The van der Waals surface area contributed by atoms with E-state index in [1.807, 2.05) is 12.1 Å². The van der Waals surface area contributed by atoms with E-state index in [-0.39, 0.29) is 16.9 Å². The predicted molar refractivity (Wildman–Crippen MR) is 116 cm³/mol. The minimum atomic E-state index is -0.418. The summed E-state index contributed by atoms with van der Waals surface area (Å²) in [5.74, 6) is -0.324. The Morgan fingerprint density at radius 3 is 2.87 bits per heavy atom. The first-order valence-electron chi connectivity index (χ1n) is 9.30. The number of rotatable bonds is 6. The third kappa shape index (κ3) is 4.38. The number of thiophene rings is 1. The Morgan fingerprint density at radius 2 is 2.07 bits per heavy atom. The van der Waals surface area contributed by atoms with Crippen LogP contribution < -0.4 is 5.32 Å². The molecule has 1 aliphatic rings. The van der Waals surface area contributed by atoms with Crippen LogP contribution in [0.2, 0.25) is 5.02 Å². The molecule has 0 spiro atoms. The Hall–Kier alpha value is -2.36. The summed E-state index contributed by atoms with van der Waals surface area (Å²) in [7, 11) is 1.35. The Labute approximate surface area is 186 Å². The van der Waals surface area contributed by atoms with Gasteiger partial charge in [0.15, 0.2) is 0 Å². The number of amides is 1. The van der Waals surface area contributed by atoms with Crippen molar-refractivity contribution in [2.75, 3.05) is 18.2 Å². The molecule has 10 heteroatoms. The van der Waals surface area contributed by atoms with E-state index in [1.54, 1.807) is 12.1 Å². The van der Waals surface area contributed by atoms with Gasteiger partial charge in [0.05, 0.1) is 29.0 Å². The first-order valence-corrected chi connectivity index (χ1v) is 11.5. The number of thioether (sulfide) groups is 1. The number of fused-ring (bicyclic) bond motifs is 1. The molecule has 2 aromatic heterocycles. The fourth-order valence-corrected chi connectivity index (χ4v) is 5.35. The lowest BCUT2D eigenvalue weighted by Gasteiger charge is -2.11. The van der Waals surface area contributed by atoms with E-state index >= 15 is 0 Å². The Balaban J connectivity index is 1.43. The fraction of sp³-hybridized carbons (Fsp3) is 0.300. The zero-order valence-corrected chi connectivity index (χ0v) is 18.5. The van der Waals surface area contributed by atoms with Crippen LogP contribution in [0.3, 0.4) is 0 Å². The monoisotopic (exact) mass is 463 g/mol. The Morgan fingerprint density at radius 1 is 1.27 bits per heavy atom. The van der Waals surface area contributed by atoms with Gasteiger partial charge in [-0.15, -0.1) is 21.5 Å². The summed E-state index contributed by atoms with van der Waals surface area (Å²) in [5, 5.41) is 12.1. The van der Waals surface area contributed by atoms with Crippen molar-refractivity contribution in [1.82, 2.24) is 10.2 Å². The van der Waals surface area contributed by atoms with E-state index < -0.39 is 5.97 Å². The molecule has 1 N–H and O–H groups in total. The third-order valence-corrected chi connectivity index (χ3v) is 7.01. The van der Waals surface area contributed by atoms with Crippen LogP contribution in [-0.2, 0) is 22.4 Å². The van der Waals surface area contributed by atoms with Gasteiger partial charge in [0.2, 0.25) is 11.8 Å². The van der Waals surface area contributed by atoms with Crippen molar-refractivity contribution in [2.45, 2.75) is 30.9 Å². The molecule has 2 heterocycles. The molecule has 0 saturated heterocycles. The van der Waals surface area contributed by atoms with E-state index in [9.17, 15) is 9.59 Å². The van der Waals surface area contributed by atoms with Crippen LogP contribution in [0.4, 0.5) is 5.00 Å². The van der Waals surface area contributed by atoms with Gasteiger partial charge < -0.3 is 14.5 Å². The minimum absolute atomic E-state index is 0.0628. The molecule has 0 fully saturated rings. The van der Waals surface area contributed by atoms with Crippen molar-refractivity contribution in [3.63, 3.8) is 0 Å². The number of aryl methyl sites for hydroxylation is 1. The van der Waals surface area contributed by atoms with Gasteiger partial charge in [0.25, 0.3) is 5.22 Å². The molecule has 1 aliphatic carbocycles. The number of nitrogens with zero attached hydrogens (tertiary/aromatic N) is 2. The normalized spacial score (nSPS) is 13.0. The molecule has 0 unspecified atom stereocenters. The summed E-state index contributed by atoms with van der Waals surface area (Å²) in [6.45, 7) is 0. The number of carbonyl (C=O) groups excluding carboxylic acids is 2. The zero-order chi connectivity index (χ0) is 21.1. The van der Waals surface area contributed by atoms with Gasteiger partial charge in [-0.1, -0.05) is 35.5 Å². The number of hydrogen-bond donors (Lipinski definition) is 1. The molecule has 0 aliphatic heterocycles. The van der Waals surface area contributed by atoms with E-state index in [1.165, 1.54) is 18.4 Å². The molecule has 4 rings (SSSR count). The topological polar surface area (TPSA) is 94.3 Å². The highest BCUT2D eigenvalue weighted by atomic mass is 35.5. The minimum Gasteiger partial charge on any atom is -0.465 e. The fourth-order valence-electron chi connectivity index (χ4n) is 3.27. The number of anilines is 1. The first kappa shape index (κ1) is 20.9. The molecular weight excluding hydrogens is 446 g/mol. The van der Waals surface area contributed by atoms with Gasteiger partial charge in [-0.3, -0.25) is 4.79 Å². The standard InChI is InChI=1S/C20H18ClN3O4S2/c1-27-19(26)16-12-7-3-5-9-14(12)30-18(16)22-15(25)10-29-20-24-23-17(28-20)11-6-2-4-8-13(11)21/h2,4,6,8H,3,5,7,9-10H2,1H3,(H,22,25). The highest BCUT2D eigenvalue weighted by molar-refractivity contribution is 7.99. The lowest BCUT2D eigenvalue weighted by Crippen LogP contribution is -2.16.